The fourth-order valence-electron chi connectivity index (χ4n) is 6.82. The lowest BCUT2D eigenvalue weighted by atomic mass is 9.87. The number of anilines is 1. The Kier molecular flexibility index (Phi) is 8.94. The van der Waals surface area contributed by atoms with Crippen LogP contribution in [0.3, 0.4) is 0 Å². The van der Waals surface area contributed by atoms with Gasteiger partial charge in [0.05, 0.1) is 47.4 Å². The molecule has 2 N–H and O–H groups in total. The highest BCUT2D eigenvalue weighted by molar-refractivity contribution is 6.34. The molecule has 2 saturated heterocycles. The van der Waals surface area contributed by atoms with Gasteiger partial charge in [0.1, 0.15) is 17.7 Å². The Balaban J connectivity index is 1.11. The summed E-state index contributed by atoms with van der Waals surface area (Å²) >= 11 is 6.47. The van der Waals surface area contributed by atoms with Gasteiger partial charge in [-0.2, -0.15) is 0 Å². The number of carbonyl (C=O) groups excluding carboxylic acids is 2. The molecule has 1 aromatic heterocycles. The molecule has 3 aliphatic rings. The lowest BCUT2D eigenvalue weighted by Crippen LogP contribution is -2.52. The number of carbonyl (C=O) groups is 3. The number of benzene rings is 2. The van der Waals surface area contributed by atoms with Gasteiger partial charge in [-0.05, 0) is 61.8 Å². The highest BCUT2D eigenvalue weighted by atomic mass is 35.5. The Morgan fingerprint density at radius 1 is 1.11 bits per heavy atom. The van der Waals surface area contributed by atoms with Crippen LogP contribution in [0.2, 0.25) is 5.02 Å². The number of carboxylic acids is 1. The van der Waals surface area contributed by atoms with Crippen molar-refractivity contribution >= 4 is 46.0 Å². The number of likely N-dealkylation sites (tertiary alicyclic amines) is 2. The second-order valence-electron chi connectivity index (χ2n) is 12.5. The number of amides is 2. The normalized spacial score (nSPS) is 24.4. The van der Waals surface area contributed by atoms with E-state index in [4.69, 9.17) is 20.8 Å². The predicted octanol–water partition coefficient (Wildman–Crippen LogP) is 5.60. The van der Waals surface area contributed by atoms with Crippen LogP contribution in [0.5, 0.6) is 0 Å². The van der Waals surface area contributed by atoms with E-state index in [1.165, 1.54) is 12.3 Å². The van der Waals surface area contributed by atoms with Crippen LogP contribution in [-0.4, -0.2) is 77.1 Å². The number of ether oxygens (including phenoxy) is 1. The van der Waals surface area contributed by atoms with Gasteiger partial charge in [0.15, 0.2) is 0 Å². The molecule has 0 spiro atoms. The first-order valence-corrected chi connectivity index (χ1v) is 15.7. The maximum absolute atomic E-state index is 15.3. The third-order valence-corrected chi connectivity index (χ3v) is 9.63. The quantitative estimate of drug-likeness (QED) is 0.318. The van der Waals surface area contributed by atoms with Crippen LogP contribution < -0.4 is 5.32 Å². The maximum Gasteiger partial charge on any atom is 0.306 e. The van der Waals surface area contributed by atoms with Crippen molar-refractivity contribution in [2.24, 2.45) is 11.8 Å². The van der Waals surface area contributed by atoms with Gasteiger partial charge in [0.2, 0.25) is 5.91 Å². The zero-order valence-electron chi connectivity index (χ0n) is 24.6. The van der Waals surface area contributed by atoms with Crippen LogP contribution in [0.1, 0.15) is 54.9 Å². The summed E-state index contributed by atoms with van der Waals surface area (Å²) < 4.78 is 27.0. The number of carboxylic acid groups (broad SMARTS) is 1. The monoisotopic (exact) mass is 625 g/mol. The number of hydrogen-bond donors (Lipinski definition) is 2. The average Bonchev–Trinajstić information content (AvgIpc) is 3.62. The zero-order valence-corrected chi connectivity index (χ0v) is 25.4. The molecule has 2 aliphatic heterocycles. The summed E-state index contributed by atoms with van der Waals surface area (Å²) in [6.07, 6.45) is 4.50. The topological polar surface area (TPSA) is 112 Å². The van der Waals surface area contributed by atoms with Gasteiger partial charge >= 0.3 is 5.97 Å². The number of para-hydroxylation sites is 1. The molecule has 3 fully saturated rings. The van der Waals surface area contributed by atoms with Crippen LogP contribution in [0.25, 0.3) is 11.0 Å². The second-order valence-corrected chi connectivity index (χ2v) is 12.9. The number of furan rings is 1. The molecule has 6 rings (SSSR count). The first kappa shape index (κ1) is 30.6. The molecular weight excluding hydrogens is 589 g/mol. The van der Waals surface area contributed by atoms with Crippen molar-refractivity contribution in [2.45, 2.75) is 63.6 Å². The van der Waals surface area contributed by atoms with E-state index < -0.39 is 17.7 Å². The van der Waals surface area contributed by atoms with E-state index in [-0.39, 0.29) is 52.7 Å². The van der Waals surface area contributed by atoms with Crippen LogP contribution >= 0.6 is 11.6 Å². The molecule has 2 amide bonds. The molecular formula is C33H37ClFN3O6. The summed E-state index contributed by atoms with van der Waals surface area (Å²) in [5.41, 5.74) is 1.12. The third kappa shape index (κ3) is 6.48. The van der Waals surface area contributed by atoms with Gasteiger partial charge in [0, 0.05) is 31.1 Å². The van der Waals surface area contributed by atoms with E-state index in [1.54, 1.807) is 24.3 Å². The predicted molar refractivity (Wildman–Crippen MR) is 163 cm³/mol. The number of nitrogens with one attached hydrogen (secondary N) is 1. The molecule has 2 atom stereocenters. The summed E-state index contributed by atoms with van der Waals surface area (Å²) in [5, 5.41) is 12.7. The van der Waals surface area contributed by atoms with Gasteiger partial charge in [0.25, 0.3) is 5.91 Å². The Morgan fingerprint density at radius 2 is 1.86 bits per heavy atom. The van der Waals surface area contributed by atoms with E-state index in [1.807, 2.05) is 4.90 Å². The fraction of sp³-hybridized carbons (Fsp3) is 0.485. The Bertz CT molecular complexity index is 1550. The van der Waals surface area contributed by atoms with E-state index in [9.17, 15) is 19.5 Å². The number of halogens is 2. The number of hydrogen-bond acceptors (Lipinski definition) is 6. The van der Waals surface area contributed by atoms with Crippen molar-refractivity contribution in [3.05, 3.63) is 64.6 Å². The van der Waals surface area contributed by atoms with E-state index in [0.717, 1.165) is 25.6 Å². The van der Waals surface area contributed by atoms with E-state index in [0.29, 0.717) is 61.3 Å². The first-order valence-electron chi connectivity index (χ1n) is 15.3. The SMILES string of the molecule is CC1CN([C@H]2CC(COC3CCC(C(=O)O)CC3)N(C(=O)Cc3cc(Cl)c(NC(=O)c4coc5ccccc45)cc3F)C2)C1. The van der Waals surface area contributed by atoms with Gasteiger partial charge in [-0.25, -0.2) is 4.39 Å². The Hall–Kier alpha value is -3.47. The van der Waals surface area contributed by atoms with Crippen LogP contribution in [0.4, 0.5) is 10.1 Å². The maximum atomic E-state index is 15.3. The molecule has 44 heavy (non-hydrogen) atoms. The minimum atomic E-state index is -0.753. The molecule has 3 aromatic rings. The van der Waals surface area contributed by atoms with Crippen molar-refractivity contribution in [1.82, 2.24) is 9.80 Å². The van der Waals surface area contributed by atoms with Crippen molar-refractivity contribution in [2.75, 3.05) is 31.6 Å². The summed E-state index contributed by atoms with van der Waals surface area (Å²) in [5.74, 6) is -1.77. The molecule has 1 saturated carbocycles. The largest absolute Gasteiger partial charge is 0.481 e. The minimum absolute atomic E-state index is 0.0234. The zero-order chi connectivity index (χ0) is 31.0. The van der Waals surface area contributed by atoms with Crippen LogP contribution in [0.15, 0.2) is 47.1 Å². The standard InChI is InChI=1S/C33H37ClFN3O6/c1-19-14-37(15-19)22-12-23(17-43-24-8-6-20(7-9-24)33(41)42)38(16-22)31(39)11-21-10-27(34)29(13-28(21)35)36-32(40)26-18-44-30-5-3-2-4-25(26)30/h2-5,10,13,18-20,22-24H,6-9,11-12,14-17H2,1H3,(H,36,40)(H,41,42)/t20?,22-,23?,24?/m0/s1. The molecule has 1 aliphatic carbocycles. The fourth-order valence-corrected chi connectivity index (χ4v) is 7.05. The van der Waals surface area contributed by atoms with Crippen molar-refractivity contribution in [1.29, 1.82) is 0 Å². The smallest absolute Gasteiger partial charge is 0.306 e. The van der Waals surface area contributed by atoms with Gasteiger partial charge < -0.3 is 24.5 Å². The number of aliphatic carboxylic acids is 1. The molecule has 9 nitrogen and oxygen atoms in total. The molecule has 1 unspecified atom stereocenters. The van der Waals surface area contributed by atoms with Crippen LogP contribution in [0, 0.1) is 17.7 Å². The molecule has 0 bridgehead atoms. The summed E-state index contributed by atoms with van der Waals surface area (Å²) in [6, 6.07) is 9.72. The minimum Gasteiger partial charge on any atom is -0.481 e. The van der Waals surface area contributed by atoms with Gasteiger partial charge in [-0.15, -0.1) is 0 Å². The lowest BCUT2D eigenvalue weighted by Gasteiger charge is -2.41. The Morgan fingerprint density at radius 3 is 2.59 bits per heavy atom. The van der Waals surface area contributed by atoms with Gasteiger partial charge in [-0.3, -0.25) is 19.3 Å². The second kappa shape index (κ2) is 12.9. The summed E-state index contributed by atoms with van der Waals surface area (Å²) in [6.45, 7) is 5.11. The molecule has 0 radical (unpaired) electrons. The lowest BCUT2D eigenvalue weighted by molar-refractivity contribution is -0.144. The molecule has 3 heterocycles. The molecule has 11 heteroatoms. The van der Waals surface area contributed by atoms with Crippen molar-refractivity contribution < 1.29 is 33.0 Å². The average molecular weight is 626 g/mol. The molecule has 2 aromatic carbocycles. The number of fused-ring (bicyclic) bond motifs is 1. The first-order chi connectivity index (χ1) is 21.2. The van der Waals surface area contributed by atoms with Crippen molar-refractivity contribution in [3.8, 4) is 0 Å². The van der Waals surface area contributed by atoms with Crippen LogP contribution in [-0.2, 0) is 20.7 Å². The van der Waals surface area contributed by atoms with Crippen molar-refractivity contribution in [3.63, 3.8) is 0 Å². The van der Waals surface area contributed by atoms with Gasteiger partial charge in [-0.1, -0.05) is 36.7 Å². The number of nitrogens with zero attached hydrogens (tertiary/aromatic N) is 2. The Labute approximate surface area is 260 Å². The highest BCUT2D eigenvalue weighted by Crippen LogP contribution is 2.32. The highest BCUT2D eigenvalue weighted by Gasteiger charge is 2.41. The third-order valence-electron chi connectivity index (χ3n) is 9.32. The number of rotatable bonds is 9. The molecule has 234 valence electrons. The summed E-state index contributed by atoms with van der Waals surface area (Å²) in [7, 11) is 0. The van der Waals surface area contributed by atoms with E-state index >= 15 is 4.39 Å². The summed E-state index contributed by atoms with van der Waals surface area (Å²) in [4.78, 5) is 42.1. The van der Waals surface area contributed by atoms with E-state index in [2.05, 4.69) is 17.1 Å².